The van der Waals surface area contributed by atoms with Crippen molar-refractivity contribution in [2.24, 2.45) is 0 Å². The molecule has 0 aromatic heterocycles. The third kappa shape index (κ3) is 3.34. The maximum absolute atomic E-state index is 12.9. The number of rotatable bonds is 4. The molecule has 0 amide bonds. The molecule has 0 bridgehead atoms. The summed E-state index contributed by atoms with van der Waals surface area (Å²) in [4.78, 5) is -0.119. The average molecular weight is 294 g/mol. The highest BCUT2D eigenvalue weighted by molar-refractivity contribution is 7.89. The van der Waals surface area contributed by atoms with E-state index in [9.17, 15) is 12.8 Å². The number of nitrogens with two attached hydrogens (primary N) is 1. The minimum absolute atomic E-state index is 0.109. The molecule has 6 heteroatoms. The molecule has 0 heterocycles. The van der Waals surface area contributed by atoms with Gasteiger partial charge in [0.05, 0.1) is 5.69 Å². The van der Waals surface area contributed by atoms with Crippen LogP contribution in [-0.4, -0.2) is 8.42 Å². The normalized spacial score (nSPS) is 11.5. The monoisotopic (exact) mass is 294 g/mol. The lowest BCUT2D eigenvalue weighted by molar-refractivity contribution is 0.581. The first-order chi connectivity index (χ1) is 9.38. The van der Waals surface area contributed by atoms with Crippen molar-refractivity contribution >= 4 is 15.7 Å². The predicted molar refractivity (Wildman–Crippen MR) is 76.0 cm³/mol. The van der Waals surface area contributed by atoms with Crippen LogP contribution in [0.25, 0.3) is 0 Å². The fraction of sp³-hybridized carbons (Fsp3) is 0.143. The highest BCUT2D eigenvalue weighted by atomic mass is 32.2. The summed E-state index contributed by atoms with van der Waals surface area (Å²) in [6, 6.07) is 10.7. The van der Waals surface area contributed by atoms with Gasteiger partial charge in [0.25, 0.3) is 0 Å². The Hall–Kier alpha value is -1.92. The van der Waals surface area contributed by atoms with Crippen LogP contribution in [0, 0.1) is 12.7 Å². The Bertz CT molecular complexity index is 730. The Labute approximate surface area is 117 Å². The standard InChI is InChI=1S/C14H15FN2O2S/c1-10-3-2-4-11(7-10)9-17-20(18,19)14-6-5-12(15)8-13(14)16/h2-8,17H,9,16H2,1H3. The van der Waals surface area contributed by atoms with Crippen molar-refractivity contribution in [3.63, 3.8) is 0 Å². The lowest BCUT2D eigenvalue weighted by Gasteiger charge is -2.09. The van der Waals surface area contributed by atoms with E-state index in [2.05, 4.69) is 4.72 Å². The fourth-order valence-electron chi connectivity index (χ4n) is 1.84. The highest BCUT2D eigenvalue weighted by Gasteiger charge is 2.17. The van der Waals surface area contributed by atoms with Gasteiger partial charge in [-0.2, -0.15) is 0 Å². The summed E-state index contributed by atoms with van der Waals surface area (Å²) in [5.74, 6) is -0.569. The summed E-state index contributed by atoms with van der Waals surface area (Å²) in [6.07, 6.45) is 0. The Morgan fingerprint density at radius 3 is 2.60 bits per heavy atom. The van der Waals surface area contributed by atoms with Crippen LogP contribution < -0.4 is 10.5 Å². The summed E-state index contributed by atoms with van der Waals surface area (Å²) in [5, 5.41) is 0. The third-order valence-corrected chi connectivity index (χ3v) is 4.29. The number of anilines is 1. The number of benzene rings is 2. The number of hydrogen-bond acceptors (Lipinski definition) is 3. The first-order valence-electron chi connectivity index (χ1n) is 5.99. The zero-order valence-corrected chi connectivity index (χ0v) is 11.7. The SMILES string of the molecule is Cc1cccc(CNS(=O)(=O)c2ccc(F)cc2N)c1. The Kier molecular flexibility index (Phi) is 4.06. The molecule has 0 aliphatic carbocycles. The van der Waals surface area contributed by atoms with E-state index in [4.69, 9.17) is 5.73 Å². The van der Waals surface area contributed by atoms with Crippen LogP contribution >= 0.6 is 0 Å². The summed E-state index contributed by atoms with van der Waals surface area (Å²) >= 11 is 0. The van der Waals surface area contributed by atoms with Crippen LogP contribution in [0.3, 0.4) is 0 Å². The third-order valence-electron chi connectivity index (χ3n) is 2.81. The molecule has 0 aliphatic rings. The summed E-state index contributed by atoms with van der Waals surface area (Å²) in [5.41, 5.74) is 7.32. The first kappa shape index (κ1) is 14.5. The molecule has 0 spiro atoms. The molecule has 20 heavy (non-hydrogen) atoms. The lowest BCUT2D eigenvalue weighted by Crippen LogP contribution is -2.24. The van der Waals surface area contributed by atoms with Crippen LogP contribution in [-0.2, 0) is 16.6 Å². The van der Waals surface area contributed by atoms with Crippen LogP contribution in [0.15, 0.2) is 47.4 Å². The number of sulfonamides is 1. The molecule has 2 aromatic carbocycles. The van der Waals surface area contributed by atoms with Crippen LogP contribution in [0.2, 0.25) is 0 Å². The molecule has 0 unspecified atom stereocenters. The van der Waals surface area contributed by atoms with Crippen molar-refractivity contribution in [1.82, 2.24) is 4.72 Å². The Morgan fingerprint density at radius 2 is 1.95 bits per heavy atom. The van der Waals surface area contributed by atoms with Crippen LogP contribution in [0.4, 0.5) is 10.1 Å². The summed E-state index contributed by atoms with van der Waals surface area (Å²) in [7, 11) is -3.76. The molecule has 0 saturated heterocycles. The molecule has 0 saturated carbocycles. The zero-order chi connectivity index (χ0) is 14.8. The van der Waals surface area contributed by atoms with Crippen molar-refractivity contribution in [1.29, 1.82) is 0 Å². The molecule has 2 aromatic rings. The molecule has 106 valence electrons. The second-order valence-corrected chi connectivity index (χ2v) is 6.23. The van der Waals surface area contributed by atoms with Crippen molar-refractivity contribution in [2.45, 2.75) is 18.4 Å². The summed E-state index contributed by atoms with van der Waals surface area (Å²) < 4.78 is 39.6. The highest BCUT2D eigenvalue weighted by Crippen LogP contribution is 2.19. The number of nitrogens with one attached hydrogen (secondary N) is 1. The molecule has 4 nitrogen and oxygen atoms in total. The molecule has 0 atom stereocenters. The van der Waals surface area contributed by atoms with Crippen molar-refractivity contribution < 1.29 is 12.8 Å². The average Bonchev–Trinajstić information content (AvgIpc) is 2.36. The van der Waals surface area contributed by atoms with Gasteiger partial charge < -0.3 is 5.73 Å². The van der Waals surface area contributed by atoms with E-state index in [-0.39, 0.29) is 17.1 Å². The molecule has 2 rings (SSSR count). The number of aryl methyl sites for hydroxylation is 1. The van der Waals surface area contributed by atoms with E-state index in [1.54, 1.807) is 0 Å². The molecule has 3 N–H and O–H groups in total. The smallest absolute Gasteiger partial charge is 0.242 e. The van der Waals surface area contributed by atoms with Gasteiger partial charge in [-0.1, -0.05) is 29.8 Å². The van der Waals surface area contributed by atoms with Gasteiger partial charge in [-0.15, -0.1) is 0 Å². The first-order valence-corrected chi connectivity index (χ1v) is 7.47. The van der Waals surface area contributed by atoms with Gasteiger partial charge in [-0.05, 0) is 30.7 Å². The quantitative estimate of drug-likeness (QED) is 0.849. The number of nitrogen functional groups attached to an aromatic ring is 1. The fourth-order valence-corrected chi connectivity index (χ4v) is 2.97. The van der Waals surface area contributed by atoms with Crippen molar-refractivity contribution in [3.05, 3.63) is 59.4 Å². The van der Waals surface area contributed by atoms with E-state index >= 15 is 0 Å². The van der Waals surface area contributed by atoms with Gasteiger partial charge in [0.1, 0.15) is 10.7 Å². The number of hydrogen-bond donors (Lipinski definition) is 2. The predicted octanol–water partition coefficient (Wildman–Crippen LogP) is 2.19. The Morgan fingerprint density at radius 1 is 1.20 bits per heavy atom. The Balaban J connectivity index is 2.19. The number of halogens is 1. The van der Waals surface area contributed by atoms with E-state index in [1.165, 1.54) is 0 Å². The van der Waals surface area contributed by atoms with Crippen molar-refractivity contribution in [3.8, 4) is 0 Å². The minimum Gasteiger partial charge on any atom is -0.398 e. The topological polar surface area (TPSA) is 72.2 Å². The van der Waals surface area contributed by atoms with Crippen LogP contribution in [0.5, 0.6) is 0 Å². The lowest BCUT2D eigenvalue weighted by atomic mass is 10.1. The van der Waals surface area contributed by atoms with E-state index in [1.807, 2.05) is 31.2 Å². The maximum Gasteiger partial charge on any atom is 0.242 e. The second-order valence-electron chi connectivity index (χ2n) is 4.50. The second kappa shape index (κ2) is 5.60. The van der Waals surface area contributed by atoms with Gasteiger partial charge in [0.15, 0.2) is 0 Å². The molecule has 0 aliphatic heterocycles. The van der Waals surface area contributed by atoms with Gasteiger partial charge >= 0.3 is 0 Å². The van der Waals surface area contributed by atoms with E-state index in [0.29, 0.717) is 0 Å². The van der Waals surface area contributed by atoms with Gasteiger partial charge in [-0.3, -0.25) is 0 Å². The zero-order valence-electron chi connectivity index (χ0n) is 10.9. The maximum atomic E-state index is 12.9. The van der Waals surface area contributed by atoms with Crippen molar-refractivity contribution in [2.75, 3.05) is 5.73 Å². The minimum atomic E-state index is -3.76. The van der Waals surface area contributed by atoms with E-state index in [0.717, 1.165) is 29.3 Å². The molecular weight excluding hydrogens is 279 g/mol. The van der Waals surface area contributed by atoms with Crippen LogP contribution in [0.1, 0.15) is 11.1 Å². The van der Waals surface area contributed by atoms with Gasteiger partial charge in [0.2, 0.25) is 10.0 Å². The molecular formula is C14H15FN2O2S. The molecule has 0 fully saturated rings. The molecule has 0 radical (unpaired) electrons. The van der Waals surface area contributed by atoms with Gasteiger partial charge in [0, 0.05) is 6.54 Å². The largest absolute Gasteiger partial charge is 0.398 e. The summed E-state index contributed by atoms with van der Waals surface area (Å²) in [6.45, 7) is 2.08. The van der Waals surface area contributed by atoms with E-state index < -0.39 is 15.8 Å². The van der Waals surface area contributed by atoms with Gasteiger partial charge in [-0.25, -0.2) is 17.5 Å².